The highest BCUT2D eigenvalue weighted by Crippen LogP contribution is 2.22. The van der Waals surface area contributed by atoms with Crippen LogP contribution in [-0.4, -0.2) is 36.4 Å². The minimum Gasteiger partial charge on any atom is -0.484 e. The first-order chi connectivity index (χ1) is 15.6. The standard InChI is InChI=1S/C27H30N2O3/c1-3-17-29(18-4-2)27(31)23-11-8-12-24(19-23)28-26(30)20-32-25-15-13-22(14-16-25)21-9-6-5-7-10-21/h5-16,19H,3-4,17-18,20H2,1-2H3,(H,28,30). The highest BCUT2D eigenvalue weighted by Gasteiger charge is 2.15. The number of hydrogen-bond donors (Lipinski definition) is 1. The van der Waals surface area contributed by atoms with Gasteiger partial charge in [-0.25, -0.2) is 0 Å². The molecule has 0 heterocycles. The number of amides is 2. The number of rotatable bonds is 10. The van der Waals surface area contributed by atoms with Gasteiger partial charge in [-0.2, -0.15) is 0 Å². The van der Waals surface area contributed by atoms with Gasteiger partial charge in [0.15, 0.2) is 6.61 Å². The van der Waals surface area contributed by atoms with E-state index in [1.807, 2.05) is 59.5 Å². The molecule has 0 saturated carbocycles. The van der Waals surface area contributed by atoms with Crippen LogP contribution in [0.15, 0.2) is 78.9 Å². The fourth-order valence-corrected chi connectivity index (χ4v) is 3.49. The Labute approximate surface area is 190 Å². The van der Waals surface area contributed by atoms with Gasteiger partial charge in [0, 0.05) is 24.3 Å². The van der Waals surface area contributed by atoms with Gasteiger partial charge in [-0.3, -0.25) is 9.59 Å². The van der Waals surface area contributed by atoms with Crippen LogP contribution in [0.3, 0.4) is 0 Å². The number of nitrogens with one attached hydrogen (secondary N) is 1. The molecule has 166 valence electrons. The zero-order valence-corrected chi connectivity index (χ0v) is 18.7. The number of nitrogens with zero attached hydrogens (tertiary/aromatic N) is 1. The normalized spacial score (nSPS) is 10.4. The van der Waals surface area contributed by atoms with E-state index >= 15 is 0 Å². The molecule has 2 amide bonds. The molecule has 0 atom stereocenters. The van der Waals surface area contributed by atoms with E-state index in [0.717, 1.165) is 37.1 Å². The average Bonchev–Trinajstić information content (AvgIpc) is 2.83. The van der Waals surface area contributed by atoms with Crippen LogP contribution in [0.25, 0.3) is 11.1 Å². The lowest BCUT2D eigenvalue weighted by atomic mass is 10.1. The fourth-order valence-electron chi connectivity index (χ4n) is 3.49. The summed E-state index contributed by atoms with van der Waals surface area (Å²) in [5, 5.41) is 2.81. The molecular formula is C27H30N2O3. The Morgan fingerprint density at radius 1 is 0.812 bits per heavy atom. The Hall–Kier alpha value is -3.60. The summed E-state index contributed by atoms with van der Waals surface area (Å²) in [5.41, 5.74) is 3.37. The van der Waals surface area contributed by atoms with Crippen molar-refractivity contribution in [3.05, 3.63) is 84.4 Å². The third kappa shape index (κ3) is 6.45. The van der Waals surface area contributed by atoms with E-state index in [-0.39, 0.29) is 18.4 Å². The van der Waals surface area contributed by atoms with Crippen molar-refractivity contribution in [3.63, 3.8) is 0 Å². The average molecular weight is 431 g/mol. The Morgan fingerprint density at radius 2 is 1.47 bits per heavy atom. The molecule has 0 aliphatic rings. The van der Waals surface area contributed by atoms with Crippen LogP contribution < -0.4 is 10.1 Å². The maximum absolute atomic E-state index is 12.8. The van der Waals surface area contributed by atoms with Crippen LogP contribution in [0.2, 0.25) is 0 Å². The topological polar surface area (TPSA) is 58.6 Å². The molecule has 0 aliphatic carbocycles. The molecule has 0 unspecified atom stereocenters. The van der Waals surface area contributed by atoms with Gasteiger partial charge in [0.25, 0.3) is 11.8 Å². The van der Waals surface area contributed by atoms with Gasteiger partial charge >= 0.3 is 0 Å². The molecule has 0 spiro atoms. The highest BCUT2D eigenvalue weighted by molar-refractivity contribution is 5.97. The molecule has 3 aromatic rings. The monoisotopic (exact) mass is 430 g/mol. The smallest absolute Gasteiger partial charge is 0.262 e. The van der Waals surface area contributed by atoms with Crippen molar-refractivity contribution in [3.8, 4) is 16.9 Å². The van der Waals surface area contributed by atoms with E-state index in [4.69, 9.17) is 4.74 Å². The second-order valence-electron chi connectivity index (χ2n) is 7.60. The van der Waals surface area contributed by atoms with E-state index < -0.39 is 0 Å². The van der Waals surface area contributed by atoms with E-state index in [9.17, 15) is 9.59 Å². The molecule has 5 heteroatoms. The van der Waals surface area contributed by atoms with Crippen molar-refractivity contribution in [2.75, 3.05) is 25.0 Å². The molecule has 0 saturated heterocycles. The maximum Gasteiger partial charge on any atom is 0.262 e. The minimum absolute atomic E-state index is 0.0143. The van der Waals surface area contributed by atoms with Gasteiger partial charge in [-0.1, -0.05) is 62.4 Å². The largest absolute Gasteiger partial charge is 0.484 e. The van der Waals surface area contributed by atoms with Crippen LogP contribution in [0.4, 0.5) is 5.69 Å². The van der Waals surface area contributed by atoms with Crippen molar-refractivity contribution in [1.29, 1.82) is 0 Å². The lowest BCUT2D eigenvalue weighted by molar-refractivity contribution is -0.118. The third-order valence-corrected chi connectivity index (χ3v) is 5.00. The first kappa shape index (κ1) is 23.1. The first-order valence-electron chi connectivity index (χ1n) is 11.1. The summed E-state index contributed by atoms with van der Waals surface area (Å²) in [6.45, 7) is 5.45. The number of hydrogen-bond acceptors (Lipinski definition) is 3. The van der Waals surface area contributed by atoms with Crippen LogP contribution in [-0.2, 0) is 4.79 Å². The number of ether oxygens (including phenoxy) is 1. The summed E-state index contributed by atoms with van der Waals surface area (Å²) in [4.78, 5) is 27.0. The Morgan fingerprint density at radius 3 is 2.12 bits per heavy atom. The van der Waals surface area contributed by atoms with Crippen molar-refractivity contribution < 1.29 is 14.3 Å². The molecule has 1 N–H and O–H groups in total. The fraction of sp³-hybridized carbons (Fsp3) is 0.259. The van der Waals surface area contributed by atoms with E-state index in [0.29, 0.717) is 17.0 Å². The summed E-state index contributed by atoms with van der Waals surface area (Å²) >= 11 is 0. The van der Waals surface area contributed by atoms with Crippen molar-refractivity contribution >= 4 is 17.5 Å². The summed E-state index contributed by atoms with van der Waals surface area (Å²) < 4.78 is 5.62. The van der Waals surface area contributed by atoms with Crippen LogP contribution >= 0.6 is 0 Å². The second-order valence-corrected chi connectivity index (χ2v) is 7.60. The maximum atomic E-state index is 12.8. The van der Waals surface area contributed by atoms with Crippen LogP contribution in [0.5, 0.6) is 5.75 Å². The van der Waals surface area contributed by atoms with E-state index in [2.05, 4.69) is 19.2 Å². The summed E-state index contributed by atoms with van der Waals surface area (Å²) in [6, 6.07) is 24.8. The van der Waals surface area contributed by atoms with E-state index in [1.165, 1.54) is 0 Å². The molecule has 0 fully saturated rings. The third-order valence-electron chi connectivity index (χ3n) is 5.00. The number of benzene rings is 3. The van der Waals surface area contributed by atoms with Gasteiger partial charge in [0.1, 0.15) is 5.75 Å². The lowest BCUT2D eigenvalue weighted by Crippen LogP contribution is -2.32. The predicted octanol–water partition coefficient (Wildman–Crippen LogP) is 5.63. The highest BCUT2D eigenvalue weighted by atomic mass is 16.5. The number of carbonyl (C=O) groups excluding carboxylic acids is 2. The van der Waals surface area contributed by atoms with Crippen molar-refractivity contribution in [1.82, 2.24) is 4.90 Å². The zero-order chi connectivity index (χ0) is 22.8. The van der Waals surface area contributed by atoms with Gasteiger partial charge < -0.3 is 15.0 Å². The summed E-state index contributed by atoms with van der Waals surface area (Å²) in [5.74, 6) is 0.332. The number of carbonyl (C=O) groups is 2. The molecule has 3 rings (SSSR count). The molecule has 5 nitrogen and oxygen atoms in total. The van der Waals surface area contributed by atoms with Gasteiger partial charge in [0.05, 0.1) is 0 Å². The molecular weight excluding hydrogens is 400 g/mol. The molecule has 0 bridgehead atoms. The van der Waals surface area contributed by atoms with Gasteiger partial charge in [-0.05, 0) is 54.3 Å². The van der Waals surface area contributed by atoms with Crippen molar-refractivity contribution in [2.24, 2.45) is 0 Å². The Balaban J connectivity index is 1.56. The predicted molar refractivity (Wildman–Crippen MR) is 129 cm³/mol. The minimum atomic E-state index is -0.277. The second kappa shape index (κ2) is 11.7. The zero-order valence-electron chi connectivity index (χ0n) is 18.7. The molecule has 3 aromatic carbocycles. The van der Waals surface area contributed by atoms with Crippen LogP contribution in [0, 0.1) is 0 Å². The van der Waals surface area contributed by atoms with Gasteiger partial charge in [0.2, 0.25) is 0 Å². The molecule has 0 radical (unpaired) electrons. The first-order valence-corrected chi connectivity index (χ1v) is 11.1. The molecule has 0 aliphatic heterocycles. The molecule has 32 heavy (non-hydrogen) atoms. The summed E-state index contributed by atoms with van der Waals surface area (Å²) in [7, 11) is 0. The Kier molecular flexibility index (Phi) is 8.44. The molecule has 0 aromatic heterocycles. The number of anilines is 1. The van der Waals surface area contributed by atoms with E-state index in [1.54, 1.807) is 24.3 Å². The summed E-state index contributed by atoms with van der Waals surface area (Å²) in [6.07, 6.45) is 1.82. The Bertz CT molecular complexity index is 1010. The SMILES string of the molecule is CCCN(CCC)C(=O)c1cccc(NC(=O)COc2ccc(-c3ccccc3)cc2)c1. The van der Waals surface area contributed by atoms with Gasteiger partial charge in [-0.15, -0.1) is 0 Å². The van der Waals surface area contributed by atoms with Crippen molar-refractivity contribution in [2.45, 2.75) is 26.7 Å². The lowest BCUT2D eigenvalue weighted by Gasteiger charge is -2.21. The quantitative estimate of drug-likeness (QED) is 0.453. The van der Waals surface area contributed by atoms with Crippen LogP contribution in [0.1, 0.15) is 37.0 Å².